The van der Waals surface area contributed by atoms with Crippen LogP contribution in [0.4, 0.5) is 0 Å². The fraction of sp³-hybridized carbons (Fsp3) is 0.700. The van der Waals surface area contributed by atoms with Gasteiger partial charge < -0.3 is 4.74 Å². The molecule has 0 radical (unpaired) electrons. The van der Waals surface area contributed by atoms with Crippen LogP contribution in [0.15, 0.2) is 23.4 Å². The number of carbonyl (C=O) groups is 1. The Labute approximate surface area is 157 Å². The summed E-state index contributed by atoms with van der Waals surface area (Å²) in [5, 5.41) is 3.75. The van der Waals surface area contributed by atoms with Gasteiger partial charge in [0.15, 0.2) is 5.78 Å². The van der Waals surface area contributed by atoms with E-state index in [1.54, 1.807) is 12.3 Å². The van der Waals surface area contributed by atoms with Crippen LogP contribution in [0, 0.1) is 5.41 Å². The summed E-state index contributed by atoms with van der Waals surface area (Å²) < 4.78 is 5.65. The molecule has 0 amide bonds. The predicted molar refractivity (Wildman–Crippen MR) is 104 cm³/mol. The van der Waals surface area contributed by atoms with E-state index < -0.39 is 5.54 Å². The molecule has 0 saturated carbocycles. The SMILES string of the molecule is CCC(C)(C)CCOCCCC(=O)c1ccc(CC(C)(C)N=[N+]=[N-])nc1. The van der Waals surface area contributed by atoms with E-state index in [1.165, 1.54) is 0 Å². The maximum Gasteiger partial charge on any atom is 0.164 e. The Balaban J connectivity index is 2.36. The van der Waals surface area contributed by atoms with Gasteiger partial charge in [0.05, 0.1) is 0 Å². The minimum atomic E-state index is -0.531. The van der Waals surface area contributed by atoms with E-state index in [0.717, 1.165) is 31.6 Å². The standard InChI is InChI=1S/C20H32N4O2/c1-6-19(2,3)11-13-26-12-7-8-18(25)16-9-10-17(22-15-16)14-20(4,5)23-24-21/h9-10,15H,6-8,11-14H2,1-5H3. The molecule has 0 spiro atoms. The fourth-order valence-corrected chi connectivity index (χ4v) is 2.40. The number of azide groups is 1. The summed E-state index contributed by atoms with van der Waals surface area (Å²) in [6.45, 7) is 11.7. The number of hydrogen-bond donors (Lipinski definition) is 0. The summed E-state index contributed by atoms with van der Waals surface area (Å²) in [5.74, 6) is 0.0795. The number of pyridine rings is 1. The molecule has 0 aliphatic rings. The van der Waals surface area contributed by atoms with Crippen LogP contribution in [-0.4, -0.2) is 29.5 Å². The monoisotopic (exact) mass is 360 g/mol. The zero-order valence-electron chi connectivity index (χ0n) is 16.8. The maximum atomic E-state index is 12.2. The summed E-state index contributed by atoms with van der Waals surface area (Å²) >= 11 is 0. The molecule has 1 aromatic heterocycles. The number of rotatable bonds is 12. The molecule has 0 fully saturated rings. The van der Waals surface area contributed by atoms with Gasteiger partial charge in [-0.1, -0.05) is 46.2 Å². The molecule has 0 bridgehead atoms. The summed E-state index contributed by atoms with van der Waals surface area (Å²) in [7, 11) is 0. The third-order valence-corrected chi connectivity index (χ3v) is 4.65. The van der Waals surface area contributed by atoms with Crippen LogP contribution in [0.3, 0.4) is 0 Å². The summed E-state index contributed by atoms with van der Waals surface area (Å²) in [6.07, 6.45) is 5.49. The highest BCUT2D eigenvalue weighted by Gasteiger charge is 2.17. The van der Waals surface area contributed by atoms with Gasteiger partial charge in [0.2, 0.25) is 0 Å². The molecule has 6 nitrogen and oxygen atoms in total. The van der Waals surface area contributed by atoms with Gasteiger partial charge in [-0.2, -0.15) is 0 Å². The molecule has 0 saturated heterocycles. The lowest BCUT2D eigenvalue weighted by Crippen LogP contribution is -2.20. The van der Waals surface area contributed by atoms with Gasteiger partial charge in [-0.3, -0.25) is 9.78 Å². The van der Waals surface area contributed by atoms with Gasteiger partial charge >= 0.3 is 0 Å². The third kappa shape index (κ3) is 8.45. The van der Waals surface area contributed by atoms with E-state index in [1.807, 2.05) is 19.9 Å². The van der Waals surface area contributed by atoms with Crippen molar-refractivity contribution in [2.45, 2.75) is 72.3 Å². The van der Waals surface area contributed by atoms with Gasteiger partial charge in [-0.25, -0.2) is 0 Å². The van der Waals surface area contributed by atoms with Crippen LogP contribution in [-0.2, 0) is 11.2 Å². The molecule has 1 rings (SSSR count). The minimum Gasteiger partial charge on any atom is -0.381 e. The molecule has 1 aromatic rings. The normalized spacial score (nSPS) is 11.9. The second-order valence-electron chi connectivity index (χ2n) is 8.12. The Hall–Kier alpha value is -1.91. The number of nitrogens with zero attached hydrogens (tertiary/aromatic N) is 4. The number of Topliss-reactive ketones (excluding diaryl/α,β-unsaturated/α-hetero) is 1. The van der Waals surface area contributed by atoms with Crippen LogP contribution in [0.5, 0.6) is 0 Å². The Morgan fingerprint density at radius 1 is 1.27 bits per heavy atom. The lowest BCUT2D eigenvalue weighted by atomic mass is 9.87. The van der Waals surface area contributed by atoms with Gasteiger partial charge in [0, 0.05) is 54.0 Å². The van der Waals surface area contributed by atoms with Crippen molar-refractivity contribution in [3.05, 3.63) is 40.0 Å². The second-order valence-corrected chi connectivity index (χ2v) is 8.12. The van der Waals surface area contributed by atoms with E-state index in [-0.39, 0.29) is 5.78 Å². The van der Waals surface area contributed by atoms with Gasteiger partial charge in [0.25, 0.3) is 0 Å². The van der Waals surface area contributed by atoms with Crippen molar-refractivity contribution in [3.63, 3.8) is 0 Å². The van der Waals surface area contributed by atoms with E-state index >= 15 is 0 Å². The Morgan fingerprint density at radius 2 is 2.00 bits per heavy atom. The first kappa shape index (κ1) is 22.1. The second kappa shape index (κ2) is 10.3. The topological polar surface area (TPSA) is 88.0 Å². The molecular weight excluding hydrogens is 328 g/mol. The smallest absolute Gasteiger partial charge is 0.164 e. The Morgan fingerprint density at radius 3 is 2.58 bits per heavy atom. The average molecular weight is 361 g/mol. The lowest BCUT2D eigenvalue weighted by molar-refractivity contribution is 0.0877. The zero-order valence-corrected chi connectivity index (χ0v) is 16.8. The number of ether oxygens (including phenoxy) is 1. The van der Waals surface area contributed by atoms with Crippen molar-refractivity contribution >= 4 is 5.78 Å². The molecule has 1 heterocycles. The van der Waals surface area contributed by atoms with E-state index in [0.29, 0.717) is 30.4 Å². The van der Waals surface area contributed by atoms with Gasteiger partial charge in [0.1, 0.15) is 0 Å². The first-order valence-corrected chi connectivity index (χ1v) is 9.31. The maximum absolute atomic E-state index is 12.2. The minimum absolute atomic E-state index is 0.0795. The highest BCUT2D eigenvalue weighted by molar-refractivity contribution is 5.95. The fourth-order valence-electron chi connectivity index (χ4n) is 2.40. The molecule has 0 aromatic carbocycles. The lowest BCUT2D eigenvalue weighted by Gasteiger charge is -2.22. The zero-order chi connectivity index (χ0) is 19.6. The van der Waals surface area contributed by atoms with Gasteiger partial charge in [-0.05, 0) is 35.9 Å². The average Bonchev–Trinajstić information content (AvgIpc) is 2.58. The van der Waals surface area contributed by atoms with Crippen LogP contribution < -0.4 is 0 Å². The molecule has 26 heavy (non-hydrogen) atoms. The van der Waals surface area contributed by atoms with E-state index in [4.69, 9.17) is 10.3 Å². The Bertz CT molecular complexity index is 617. The highest BCUT2D eigenvalue weighted by atomic mass is 16.5. The van der Waals surface area contributed by atoms with E-state index in [9.17, 15) is 4.79 Å². The number of hydrogen-bond acceptors (Lipinski definition) is 4. The van der Waals surface area contributed by atoms with Crippen LogP contribution in [0.2, 0.25) is 0 Å². The first-order valence-electron chi connectivity index (χ1n) is 9.31. The van der Waals surface area contributed by atoms with Crippen molar-refractivity contribution in [3.8, 4) is 0 Å². The van der Waals surface area contributed by atoms with Gasteiger partial charge in [-0.15, -0.1) is 0 Å². The Kier molecular flexibility index (Phi) is 8.76. The molecule has 0 unspecified atom stereocenters. The number of aromatic nitrogens is 1. The van der Waals surface area contributed by atoms with E-state index in [2.05, 4.69) is 35.8 Å². The molecular formula is C20H32N4O2. The quantitative estimate of drug-likeness (QED) is 0.162. The molecule has 0 aliphatic carbocycles. The number of ketones is 1. The molecule has 0 atom stereocenters. The van der Waals surface area contributed by atoms with Crippen molar-refractivity contribution in [1.29, 1.82) is 0 Å². The number of carbonyl (C=O) groups excluding carboxylic acids is 1. The molecule has 0 N–H and O–H groups in total. The van der Waals surface area contributed by atoms with Crippen molar-refractivity contribution in [2.24, 2.45) is 10.5 Å². The molecule has 0 aliphatic heterocycles. The van der Waals surface area contributed by atoms with Crippen molar-refractivity contribution in [1.82, 2.24) is 4.98 Å². The van der Waals surface area contributed by atoms with Crippen molar-refractivity contribution < 1.29 is 9.53 Å². The third-order valence-electron chi connectivity index (χ3n) is 4.65. The largest absolute Gasteiger partial charge is 0.381 e. The van der Waals surface area contributed by atoms with Crippen LogP contribution in [0.1, 0.15) is 76.4 Å². The summed E-state index contributed by atoms with van der Waals surface area (Å²) in [5.41, 5.74) is 9.77. The van der Waals surface area contributed by atoms with Crippen molar-refractivity contribution in [2.75, 3.05) is 13.2 Å². The summed E-state index contributed by atoms with van der Waals surface area (Å²) in [6, 6.07) is 3.62. The van der Waals surface area contributed by atoms with Crippen LogP contribution in [0.25, 0.3) is 10.4 Å². The first-order chi connectivity index (χ1) is 12.2. The molecule has 144 valence electrons. The molecule has 6 heteroatoms. The highest BCUT2D eigenvalue weighted by Crippen LogP contribution is 2.24. The predicted octanol–water partition coefficient (Wildman–Crippen LogP) is 5.52. The van der Waals surface area contributed by atoms with Crippen LogP contribution >= 0.6 is 0 Å². The summed E-state index contributed by atoms with van der Waals surface area (Å²) in [4.78, 5) is 19.4.